The SMILES string of the molecule is COc1cccc(CNc2nc(-c3cnc(C)nc3C)cc(=O)[nH]2)c1. The molecule has 7 nitrogen and oxygen atoms in total. The molecule has 0 aliphatic carbocycles. The summed E-state index contributed by atoms with van der Waals surface area (Å²) in [6, 6.07) is 9.12. The second-order valence-electron chi connectivity index (χ2n) is 5.60. The highest BCUT2D eigenvalue weighted by atomic mass is 16.5. The van der Waals surface area contributed by atoms with Gasteiger partial charge in [-0.05, 0) is 31.5 Å². The van der Waals surface area contributed by atoms with Gasteiger partial charge in [0.25, 0.3) is 5.56 Å². The number of aromatic amines is 1. The summed E-state index contributed by atoms with van der Waals surface area (Å²) in [6.07, 6.45) is 1.69. The molecule has 0 radical (unpaired) electrons. The molecule has 0 saturated heterocycles. The Labute approximate surface area is 145 Å². The molecule has 2 N–H and O–H groups in total. The van der Waals surface area contributed by atoms with Gasteiger partial charge in [-0.25, -0.2) is 15.0 Å². The van der Waals surface area contributed by atoms with Gasteiger partial charge in [-0.15, -0.1) is 0 Å². The van der Waals surface area contributed by atoms with Gasteiger partial charge < -0.3 is 10.1 Å². The van der Waals surface area contributed by atoms with E-state index < -0.39 is 0 Å². The maximum atomic E-state index is 12.0. The van der Waals surface area contributed by atoms with Crippen molar-refractivity contribution in [3.63, 3.8) is 0 Å². The Hall–Kier alpha value is -3.22. The van der Waals surface area contributed by atoms with E-state index in [1.54, 1.807) is 13.3 Å². The molecule has 0 unspecified atom stereocenters. The largest absolute Gasteiger partial charge is 0.497 e. The van der Waals surface area contributed by atoms with E-state index in [-0.39, 0.29) is 5.56 Å². The minimum Gasteiger partial charge on any atom is -0.497 e. The second kappa shape index (κ2) is 7.12. The third-order valence-electron chi connectivity index (χ3n) is 3.71. The molecule has 3 rings (SSSR count). The fourth-order valence-corrected chi connectivity index (χ4v) is 2.48. The number of ether oxygens (including phenoxy) is 1. The summed E-state index contributed by atoms with van der Waals surface area (Å²) in [6.45, 7) is 4.20. The van der Waals surface area contributed by atoms with Crippen molar-refractivity contribution in [1.82, 2.24) is 19.9 Å². The van der Waals surface area contributed by atoms with Gasteiger partial charge in [-0.3, -0.25) is 9.78 Å². The smallest absolute Gasteiger partial charge is 0.252 e. The number of hydrogen-bond acceptors (Lipinski definition) is 6. The zero-order valence-electron chi connectivity index (χ0n) is 14.3. The molecule has 0 aliphatic rings. The Morgan fingerprint density at radius 1 is 1.20 bits per heavy atom. The van der Waals surface area contributed by atoms with Crippen molar-refractivity contribution in [2.24, 2.45) is 0 Å². The molecular weight excluding hydrogens is 318 g/mol. The summed E-state index contributed by atoms with van der Waals surface area (Å²) < 4.78 is 5.21. The van der Waals surface area contributed by atoms with Crippen LogP contribution in [0, 0.1) is 13.8 Å². The summed E-state index contributed by atoms with van der Waals surface area (Å²) in [7, 11) is 1.63. The highest BCUT2D eigenvalue weighted by molar-refractivity contribution is 5.61. The molecule has 7 heteroatoms. The van der Waals surface area contributed by atoms with Crippen molar-refractivity contribution < 1.29 is 4.74 Å². The first-order chi connectivity index (χ1) is 12.0. The topological polar surface area (TPSA) is 92.8 Å². The second-order valence-corrected chi connectivity index (χ2v) is 5.60. The Morgan fingerprint density at radius 3 is 2.80 bits per heavy atom. The van der Waals surface area contributed by atoms with Gasteiger partial charge in [-0.2, -0.15) is 0 Å². The normalized spacial score (nSPS) is 10.5. The molecule has 0 fully saturated rings. The van der Waals surface area contributed by atoms with E-state index in [4.69, 9.17) is 4.74 Å². The Morgan fingerprint density at radius 2 is 2.04 bits per heavy atom. The maximum absolute atomic E-state index is 12.0. The van der Waals surface area contributed by atoms with Crippen molar-refractivity contribution in [3.8, 4) is 17.0 Å². The zero-order chi connectivity index (χ0) is 17.8. The average Bonchev–Trinajstić information content (AvgIpc) is 2.59. The van der Waals surface area contributed by atoms with Crippen LogP contribution >= 0.6 is 0 Å². The number of aryl methyl sites for hydroxylation is 2. The molecule has 0 aliphatic heterocycles. The van der Waals surface area contributed by atoms with E-state index in [0.29, 0.717) is 24.0 Å². The monoisotopic (exact) mass is 337 g/mol. The molecule has 0 spiro atoms. The summed E-state index contributed by atoms with van der Waals surface area (Å²) in [5.41, 5.74) is 2.83. The fraction of sp³-hybridized carbons (Fsp3) is 0.222. The van der Waals surface area contributed by atoms with E-state index in [1.165, 1.54) is 6.07 Å². The highest BCUT2D eigenvalue weighted by Crippen LogP contribution is 2.19. The third-order valence-corrected chi connectivity index (χ3v) is 3.71. The van der Waals surface area contributed by atoms with Gasteiger partial charge in [0.05, 0.1) is 18.5 Å². The molecule has 3 aromatic rings. The Balaban J connectivity index is 1.85. The molecular formula is C18H19N5O2. The van der Waals surface area contributed by atoms with Crippen molar-refractivity contribution in [2.75, 3.05) is 12.4 Å². The summed E-state index contributed by atoms with van der Waals surface area (Å²) in [5.74, 6) is 1.86. The first kappa shape index (κ1) is 16.6. The molecule has 0 bridgehead atoms. The number of anilines is 1. The van der Waals surface area contributed by atoms with Crippen LogP contribution in [-0.4, -0.2) is 27.0 Å². The van der Waals surface area contributed by atoms with Gasteiger partial charge in [0, 0.05) is 24.4 Å². The molecule has 2 heterocycles. The number of rotatable bonds is 5. The van der Waals surface area contributed by atoms with Gasteiger partial charge in [-0.1, -0.05) is 12.1 Å². The van der Waals surface area contributed by atoms with Crippen LogP contribution in [0.5, 0.6) is 5.75 Å². The lowest BCUT2D eigenvalue weighted by molar-refractivity contribution is 0.414. The Bertz CT molecular complexity index is 952. The van der Waals surface area contributed by atoms with E-state index in [9.17, 15) is 4.79 Å². The molecule has 25 heavy (non-hydrogen) atoms. The van der Waals surface area contributed by atoms with Crippen molar-refractivity contribution in [3.05, 3.63) is 64.0 Å². The lowest BCUT2D eigenvalue weighted by Gasteiger charge is -2.09. The van der Waals surface area contributed by atoms with E-state index in [2.05, 4.69) is 25.3 Å². The number of benzene rings is 1. The van der Waals surface area contributed by atoms with Crippen LogP contribution in [0.2, 0.25) is 0 Å². The maximum Gasteiger partial charge on any atom is 0.252 e. The van der Waals surface area contributed by atoms with Crippen LogP contribution in [0.25, 0.3) is 11.3 Å². The first-order valence-electron chi connectivity index (χ1n) is 7.84. The molecule has 128 valence electrons. The summed E-state index contributed by atoms with van der Waals surface area (Å²) >= 11 is 0. The third kappa shape index (κ3) is 4.00. The minimum atomic E-state index is -0.238. The van der Waals surface area contributed by atoms with Crippen molar-refractivity contribution >= 4 is 5.95 Å². The number of nitrogens with zero attached hydrogens (tertiary/aromatic N) is 3. The highest BCUT2D eigenvalue weighted by Gasteiger charge is 2.09. The van der Waals surface area contributed by atoms with Crippen LogP contribution in [0.1, 0.15) is 17.1 Å². The van der Waals surface area contributed by atoms with E-state index >= 15 is 0 Å². The number of nitrogens with one attached hydrogen (secondary N) is 2. The fourth-order valence-electron chi connectivity index (χ4n) is 2.48. The van der Waals surface area contributed by atoms with Gasteiger partial charge in [0.15, 0.2) is 0 Å². The van der Waals surface area contributed by atoms with Crippen molar-refractivity contribution in [2.45, 2.75) is 20.4 Å². The van der Waals surface area contributed by atoms with Crippen LogP contribution < -0.4 is 15.6 Å². The van der Waals surface area contributed by atoms with Crippen LogP contribution in [-0.2, 0) is 6.54 Å². The van der Waals surface area contributed by atoms with Crippen LogP contribution in [0.3, 0.4) is 0 Å². The molecule has 0 amide bonds. The molecule has 0 saturated carbocycles. The van der Waals surface area contributed by atoms with E-state index in [1.807, 2.05) is 38.1 Å². The minimum absolute atomic E-state index is 0.238. The first-order valence-corrected chi connectivity index (χ1v) is 7.84. The number of H-pyrrole nitrogens is 1. The predicted octanol–water partition coefficient (Wildman–Crippen LogP) is 2.46. The Kier molecular flexibility index (Phi) is 4.74. The van der Waals surface area contributed by atoms with Gasteiger partial charge in [0.2, 0.25) is 5.95 Å². The van der Waals surface area contributed by atoms with Gasteiger partial charge in [0.1, 0.15) is 11.6 Å². The summed E-state index contributed by atoms with van der Waals surface area (Å²) in [4.78, 5) is 27.7. The van der Waals surface area contributed by atoms with Gasteiger partial charge >= 0.3 is 0 Å². The standard InChI is InChI=1S/C18H19N5O2/c1-11-15(10-19-12(2)21-11)16-8-17(24)23-18(22-16)20-9-13-5-4-6-14(7-13)25-3/h4-8,10H,9H2,1-3H3,(H2,20,22,23,24). The average molecular weight is 337 g/mol. The lowest BCUT2D eigenvalue weighted by atomic mass is 10.1. The number of methoxy groups -OCH3 is 1. The predicted molar refractivity (Wildman–Crippen MR) is 95.7 cm³/mol. The summed E-state index contributed by atoms with van der Waals surface area (Å²) in [5, 5.41) is 3.13. The van der Waals surface area contributed by atoms with Crippen LogP contribution in [0.4, 0.5) is 5.95 Å². The number of aromatic nitrogens is 4. The van der Waals surface area contributed by atoms with Crippen LogP contribution in [0.15, 0.2) is 41.3 Å². The molecule has 1 aromatic carbocycles. The molecule has 2 aromatic heterocycles. The van der Waals surface area contributed by atoms with E-state index in [0.717, 1.165) is 22.6 Å². The zero-order valence-corrected chi connectivity index (χ0v) is 14.3. The van der Waals surface area contributed by atoms with Crippen molar-refractivity contribution in [1.29, 1.82) is 0 Å². The number of hydrogen-bond donors (Lipinski definition) is 2. The quantitative estimate of drug-likeness (QED) is 0.743. The lowest BCUT2D eigenvalue weighted by Crippen LogP contribution is -2.13. The molecule has 0 atom stereocenters.